The SMILES string of the molecule is CCC(N)C(O)C(=O)N[C@H](CC(C)C)C(=O)O. The van der Waals surface area contributed by atoms with E-state index in [0.29, 0.717) is 12.8 Å². The number of carbonyl (C=O) groups is 2. The van der Waals surface area contributed by atoms with Gasteiger partial charge in [0, 0.05) is 6.04 Å². The molecule has 0 fully saturated rings. The maximum Gasteiger partial charge on any atom is 0.326 e. The molecule has 0 saturated carbocycles. The van der Waals surface area contributed by atoms with Crippen molar-refractivity contribution in [1.82, 2.24) is 5.32 Å². The molecule has 3 atom stereocenters. The molecule has 5 N–H and O–H groups in total. The van der Waals surface area contributed by atoms with Gasteiger partial charge in [0.05, 0.1) is 0 Å². The number of nitrogens with one attached hydrogen (secondary N) is 1. The Morgan fingerprint density at radius 2 is 1.88 bits per heavy atom. The number of hydrogen-bond acceptors (Lipinski definition) is 4. The highest BCUT2D eigenvalue weighted by atomic mass is 16.4. The molecule has 2 unspecified atom stereocenters. The summed E-state index contributed by atoms with van der Waals surface area (Å²) in [5.41, 5.74) is 5.51. The van der Waals surface area contributed by atoms with Gasteiger partial charge in [-0.25, -0.2) is 4.79 Å². The fraction of sp³-hybridized carbons (Fsp3) is 0.818. The standard InChI is InChI=1S/C11H22N2O4/c1-4-7(12)9(14)10(15)13-8(11(16)17)5-6(2)3/h6-9,14H,4-5,12H2,1-3H3,(H,13,15)(H,16,17)/t7?,8-,9?/m1/s1. The van der Waals surface area contributed by atoms with Crippen LogP contribution in [0.3, 0.4) is 0 Å². The molecule has 17 heavy (non-hydrogen) atoms. The van der Waals surface area contributed by atoms with Gasteiger partial charge in [-0.3, -0.25) is 4.79 Å². The molecule has 6 nitrogen and oxygen atoms in total. The molecule has 0 aromatic heterocycles. The smallest absolute Gasteiger partial charge is 0.326 e. The number of carboxylic acids is 1. The van der Waals surface area contributed by atoms with Crippen molar-refractivity contribution in [2.45, 2.75) is 51.8 Å². The summed E-state index contributed by atoms with van der Waals surface area (Å²) in [7, 11) is 0. The van der Waals surface area contributed by atoms with E-state index in [1.807, 2.05) is 13.8 Å². The largest absolute Gasteiger partial charge is 0.480 e. The first-order valence-corrected chi connectivity index (χ1v) is 5.76. The molecule has 0 aromatic carbocycles. The molecule has 0 aromatic rings. The third-order valence-corrected chi connectivity index (χ3v) is 2.47. The summed E-state index contributed by atoms with van der Waals surface area (Å²) in [5, 5.41) is 20.7. The zero-order valence-electron chi connectivity index (χ0n) is 10.5. The fourth-order valence-corrected chi connectivity index (χ4v) is 1.37. The second-order valence-corrected chi connectivity index (χ2v) is 4.55. The Labute approximate surface area is 101 Å². The van der Waals surface area contributed by atoms with Crippen LogP contribution in [0.15, 0.2) is 0 Å². The lowest BCUT2D eigenvalue weighted by molar-refractivity contribution is -0.144. The van der Waals surface area contributed by atoms with E-state index in [9.17, 15) is 14.7 Å². The molecule has 0 heterocycles. The summed E-state index contributed by atoms with van der Waals surface area (Å²) in [5.74, 6) is -1.70. The average Bonchev–Trinajstić information content (AvgIpc) is 2.25. The van der Waals surface area contributed by atoms with Crippen molar-refractivity contribution >= 4 is 11.9 Å². The van der Waals surface area contributed by atoms with Crippen LogP contribution in [-0.2, 0) is 9.59 Å². The Kier molecular flexibility index (Phi) is 6.75. The Morgan fingerprint density at radius 1 is 1.35 bits per heavy atom. The summed E-state index contributed by atoms with van der Waals surface area (Å²) in [4.78, 5) is 22.4. The van der Waals surface area contributed by atoms with E-state index in [-0.39, 0.29) is 5.92 Å². The maximum absolute atomic E-state index is 11.5. The van der Waals surface area contributed by atoms with Crippen LogP contribution in [0, 0.1) is 5.92 Å². The highest BCUT2D eigenvalue weighted by Crippen LogP contribution is 2.06. The van der Waals surface area contributed by atoms with Crippen molar-refractivity contribution in [2.24, 2.45) is 11.7 Å². The minimum Gasteiger partial charge on any atom is -0.480 e. The summed E-state index contributed by atoms with van der Waals surface area (Å²) in [6, 6.07) is -1.66. The number of nitrogens with two attached hydrogens (primary N) is 1. The third kappa shape index (κ3) is 5.65. The normalized spacial score (nSPS) is 16.4. The first kappa shape index (κ1) is 15.9. The first-order chi connectivity index (χ1) is 7.79. The molecule has 1 amide bonds. The Bertz CT molecular complexity index is 268. The lowest BCUT2D eigenvalue weighted by atomic mass is 10.0. The quantitative estimate of drug-likeness (QED) is 0.492. The third-order valence-electron chi connectivity index (χ3n) is 2.47. The van der Waals surface area contributed by atoms with Crippen LogP contribution in [0.2, 0.25) is 0 Å². The van der Waals surface area contributed by atoms with Crippen LogP contribution in [0.5, 0.6) is 0 Å². The van der Waals surface area contributed by atoms with E-state index in [4.69, 9.17) is 10.8 Å². The molecule has 6 heteroatoms. The molecule has 100 valence electrons. The second kappa shape index (κ2) is 7.24. The van der Waals surface area contributed by atoms with Gasteiger partial charge < -0.3 is 21.3 Å². The lowest BCUT2D eigenvalue weighted by Gasteiger charge is -2.21. The highest BCUT2D eigenvalue weighted by Gasteiger charge is 2.27. The molecule has 0 aliphatic heterocycles. The minimum absolute atomic E-state index is 0.133. The molecular formula is C11H22N2O4. The van der Waals surface area contributed by atoms with Gasteiger partial charge in [0.1, 0.15) is 12.1 Å². The van der Waals surface area contributed by atoms with Crippen LogP contribution in [0.4, 0.5) is 0 Å². The maximum atomic E-state index is 11.5. The van der Waals surface area contributed by atoms with Crippen LogP contribution in [0.1, 0.15) is 33.6 Å². The van der Waals surface area contributed by atoms with E-state index in [1.54, 1.807) is 6.92 Å². The monoisotopic (exact) mass is 246 g/mol. The van der Waals surface area contributed by atoms with Gasteiger partial charge in [0.15, 0.2) is 0 Å². The predicted octanol–water partition coefficient (Wildman–Crippen LogP) is -0.300. The van der Waals surface area contributed by atoms with Gasteiger partial charge in [-0.2, -0.15) is 0 Å². The summed E-state index contributed by atoms with van der Waals surface area (Å²) in [6.07, 6.45) is -0.611. The van der Waals surface area contributed by atoms with Crippen molar-refractivity contribution in [3.63, 3.8) is 0 Å². The molecule has 0 saturated heterocycles. The number of rotatable bonds is 7. The van der Waals surface area contributed by atoms with Crippen LogP contribution in [-0.4, -0.2) is 40.3 Å². The number of carboxylic acid groups (broad SMARTS) is 1. The van der Waals surface area contributed by atoms with Crippen molar-refractivity contribution in [1.29, 1.82) is 0 Å². The predicted molar refractivity (Wildman–Crippen MR) is 63.3 cm³/mol. The fourth-order valence-electron chi connectivity index (χ4n) is 1.37. The summed E-state index contributed by atoms with van der Waals surface area (Å²) in [6.45, 7) is 5.45. The molecule has 0 radical (unpaired) electrons. The zero-order chi connectivity index (χ0) is 13.6. The number of hydrogen-bond donors (Lipinski definition) is 4. The number of amides is 1. The van der Waals surface area contributed by atoms with E-state index >= 15 is 0 Å². The van der Waals surface area contributed by atoms with Crippen molar-refractivity contribution in [3.8, 4) is 0 Å². The molecule has 0 spiro atoms. The highest BCUT2D eigenvalue weighted by molar-refractivity contribution is 5.86. The van der Waals surface area contributed by atoms with Gasteiger partial charge in [0.25, 0.3) is 5.91 Å². The summed E-state index contributed by atoms with van der Waals surface area (Å²) < 4.78 is 0. The van der Waals surface area contributed by atoms with E-state index < -0.39 is 30.1 Å². The van der Waals surface area contributed by atoms with Crippen molar-refractivity contribution < 1.29 is 19.8 Å². The number of carbonyl (C=O) groups excluding carboxylic acids is 1. The van der Waals surface area contributed by atoms with E-state index in [0.717, 1.165) is 0 Å². The average molecular weight is 246 g/mol. The van der Waals surface area contributed by atoms with Crippen LogP contribution in [0.25, 0.3) is 0 Å². The van der Waals surface area contributed by atoms with Gasteiger partial charge in [0.2, 0.25) is 0 Å². The van der Waals surface area contributed by atoms with Crippen molar-refractivity contribution in [2.75, 3.05) is 0 Å². The Hall–Kier alpha value is -1.14. The van der Waals surface area contributed by atoms with E-state index in [1.165, 1.54) is 0 Å². The number of aliphatic hydroxyl groups is 1. The second-order valence-electron chi connectivity index (χ2n) is 4.55. The van der Waals surface area contributed by atoms with Gasteiger partial charge >= 0.3 is 5.97 Å². The van der Waals surface area contributed by atoms with Crippen LogP contribution >= 0.6 is 0 Å². The number of aliphatic hydroxyl groups excluding tert-OH is 1. The van der Waals surface area contributed by atoms with Crippen molar-refractivity contribution in [3.05, 3.63) is 0 Å². The lowest BCUT2D eigenvalue weighted by Crippen LogP contribution is -2.51. The van der Waals surface area contributed by atoms with E-state index in [2.05, 4.69) is 5.32 Å². The van der Waals surface area contributed by atoms with Gasteiger partial charge in [-0.15, -0.1) is 0 Å². The van der Waals surface area contributed by atoms with Gasteiger partial charge in [-0.1, -0.05) is 20.8 Å². The molecule has 0 rings (SSSR count). The number of aliphatic carboxylic acids is 1. The minimum atomic E-state index is -1.37. The first-order valence-electron chi connectivity index (χ1n) is 5.76. The summed E-state index contributed by atoms with van der Waals surface area (Å²) >= 11 is 0. The molecule has 0 aliphatic carbocycles. The molecule has 0 aliphatic rings. The molecule has 0 bridgehead atoms. The Morgan fingerprint density at radius 3 is 2.24 bits per heavy atom. The van der Waals surface area contributed by atoms with Crippen LogP contribution < -0.4 is 11.1 Å². The topological polar surface area (TPSA) is 113 Å². The molecular weight excluding hydrogens is 224 g/mol. The Balaban J connectivity index is 4.45. The zero-order valence-corrected chi connectivity index (χ0v) is 10.5. The van der Waals surface area contributed by atoms with Gasteiger partial charge in [-0.05, 0) is 18.8 Å².